The van der Waals surface area contributed by atoms with Gasteiger partial charge in [0.1, 0.15) is 11.9 Å². The summed E-state index contributed by atoms with van der Waals surface area (Å²) in [6, 6.07) is 2.41. The summed E-state index contributed by atoms with van der Waals surface area (Å²) in [5.41, 5.74) is -0.146. The molecule has 0 bridgehead atoms. The average Bonchev–Trinajstić information content (AvgIpc) is 2.69. The van der Waals surface area contributed by atoms with Crippen molar-refractivity contribution in [2.45, 2.75) is 44.2 Å². The molecule has 32 heavy (non-hydrogen) atoms. The monoisotopic (exact) mass is 520 g/mol. The van der Waals surface area contributed by atoms with Crippen LogP contribution < -0.4 is 10.6 Å². The van der Waals surface area contributed by atoms with Crippen LogP contribution in [0.5, 0.6) is 0 Å². The van der Waals surface area contributed by atoms with Gasteiger partial charge in [0.15, 0.2) is 0 Å². The lowest BCUT2D eigenvalue weighted by molar-refractivity contribution is -0.147. The third-order valence-electron chi connectivity index (χ3n) is 4.12. The Balaban J connectivity index is 2.45. The van der Waals surface area contributed by atoms with E-state index < -0.39 is 60.7 Å². The molecule has 0 aliphatic carbocycles. The quantitative estimate of drug-likeness (QED) is 0.243. The van der Waals surface area contributed by atoms with Crippen molar-refractivity contribution in [3.63, 3.8) is 0 Å². The van der Waals surface area contributed by atoms with Crippen molar-refractivity contribution in [1.82, 2.24) is 10.6 Å². The van der Waals surface area contributed by atoms with Crippen LogP contribution in [0.4, 0.5) is 9.18 Å². The number of carbonyl (C=O) groups is 5. The first-order chi connectivity index (χ1) is 15.0. The molecule has 0 saturated carbocycles. The van der Waals surface area contributed by atoms with Crippen LogP contribution in [-0.4, -0.2) is 63.9 Å². The van der Waals surface area contributed by atoms with Gasteiger partial charge in [-0.15, -0.1) is 0 Å². The smallest absolute Gasteiger partial charge is 0.408 e. The number of carboxylic acids is 3. The van der Waals surface area contributed by atoms with E-state index in [-0.39, 0.29) is 24.9 Å². The zero-order chi connectivity index (χ0) is 24.3. The average molecular weight is 521 g/mol. The lowest BCUT2D eigenvalue weighted by Crippen LogP contribution is -2.43. The van der Waals surface area contributed by atoms with E-state index in [0.717, 1.165) is 6.07 Å². The van der Waals surface area contributed by atoms with Gasteiger partial charge in [0.25, 0.3) is 5.91 Å². The number of aliphatic carboxylic acids is 3. The molecule has 0 fully saturated rings. The first kappa shape index (κ1) is 26.8. The molecule has 5 N–H and O–H groups in total. The number of carbonyl (C=O) groups excluding carboxylic acids is 2. The fourth-order valence-corrected chi connectivity index (χ4v) is 2.82. The van der Waals surface area contributed by atoms with E-state index in [0.29, 0.717) is 10.9 Å². The molecular weight excluding hydrogens is 499 g/mol. The van der Waals surface area contributed by atoms with Crippen LogP contribution in [0, 0.1) is 5.82 Å². The van der Waals surface area contributed by atoms with Crippen molar-refractivity contribution >= 4 is 45.8 Å². The molecule has 176 valence electrons. The molecule has 1 aromatic carbocycles. The zero-order valence-corrected chi connectivity index (χ0v) is 18.3. The number of carboxylic acid groups (broad SMARTS) is 3. The number of amides is 2. The number of nitrogens with one attached hydrogen (secondary N) is 2. The van der Waals surface area contributed by atoms with Crippen LogP contribution in [0.15, 0.2) is 22.7 Å². The minimum absolute atomic E-state index is 0.114. The lowest BCUT2D eigenvalue weighted by Gasteiger charge is -2.17. The third-order valence-corrected chi connectivity index (χ3v) is 4.61. The summed E-state index contributed by atoms with van der Waals surface area (Å²) >= 11 is 3.08. The Morgan fingerprint density at radius 1 is 1.03 bits per heavy atom. The number of rotatable bonds is 13. The summed E-state index contributed by atoms with van der Waals surface area (Å²) < 4.78 is 18.9. The second-order valence-electron chi connectivity index (χ2n) is 6.58. The summed E-state index contributed by atoms with van der Waals surface area (Å²) in [4.78, 5) is 56.6. The SMILES string of the molecule is O=C(O)CC[C@H](NC(=O)O[C@@H](CCCCNC(=O)c1ccc(Br)cc1F)C(=O)O)C(=O)O. The predicted octanol–water partition coefficient (Wildman–Crippen LogP) is 1.99. The van der Waals surface area contributed by atoms with E-state index in [1.54, 1.807) is 0 Å². The maximum atomic E-state index is 13.7. The minimum atomic E-state index is -1.58. The standard InChI is InChI=1S/C19H22BrFN2O9/c20-10-4-5-11(12(21)9-10)16(26)22-8-2-1-3-14(18(29)30)32-19(31)23-13(17(27)28)6-7-15(24)25/h4-5,9,13-14H,1-3,6-8H2,(H,22,26)(H,23,31)(H,24,25)(H,27,28)(H,29,30)/t13-,14-/m0/s1. The van der Waals surface area contributed by atoms with Crippen molar-refractivity contribution < 1.29 is 48.4 Å². The molecule has 0 spiro atoms. The van der Waals surface area contributed by atoms with E-state index in [2.05, 4.69) is 21.2 Å². The van der Waals surface area contributed by atoms with E-state index in [9.17, 15) is 33.5 Å². The number of halogens is 2. The van der Waals surface area contributed by atoms with Crippen molar-refractivity contribution in [1.29, 1.82) is 0 Å². The second kappa shape index (κ2) is 13.2. The normalized spacial score (nSPS) is 12.3. The van der Waals surface area contributed by atoms with Gasteiger partial charge >= 0.3 is 24.0 Å². The summed E-state index contributed by atoms with van der Waals surface area (Å²) in [5.74, 6) is -5.55. The van der Waals surface area contributed by atoms with Gasteiger partial charge in [-0.2, -0.15) is 0 Å². The molecule has 0 heterocycles. The number of ether oxygens (including phenoxy) is 1. The highest BCUT2D eigenvalue weighted by atomic mass is 79.9. The van der Waals surface area contributed by atoms with Gasteiger partial charge in [-0.25, -0.2) is 18.8 Å². The first-order valence-electron chi connectivity index (χ1n) is 9.39. The highest BCUT2D eigenvalue weighted by Crippen LogP contribution is 2.15. The van der Waals surface area contributed by atoms with Gasteiger partial charge in [-0.1, -0.05) is 15.9 Å². The summed E-state index contributed by atoms with van der Waals surface area (Å²) in [6.45, 7) is 0.114. The molecule has 0 aromatic heterocycles. The highest BCUT2D eigenvalue weighted by Gasteiger charge is 2.26. The highest BCUT2D eigenvalue weighted by molar-refractivity contribution is 9.10. The van der Waals surface area contributed by atoms with E-state index in [1.807, 2.05) is 5.32 Å². The van der Waals surface area contributed by atoms with Crippen LogP contribution in [0.1, 0.15) is 42.5 Å². The number of hydrogen-bond donors (Lipinski definition) is 5. The Hall–Kier alpha value is -3.22. The molecule has 0 aliphatic rings. The molecule has 0 unspecified atom stereocenters. The van der Waals surface area contributed by atoms with Crippen LogP contribution in [0.2, 0.25) is 0 Å². The number of unbranched alkanes of at least 4 members (excludes halogenated alkanes) is 1. The molecule has 0 aliphatic heterocycles. The Labute approximate surface area is 190 Å². The van der Waals surface area contributed by atoms with Crippen molar-refractivity contribution in [2.75, 3.05) is 6.54 Å². The molecule has 0 saturated heterocycles. The Morgan fingerprint density at radius 3 is 2.28 bits per heavy atom. The molecule has 0 radical (unpaired) electrons. The zero-order valence-electron chi connectivity index (χ0n) is 16.7. The van der Waals surface area contributed by atoms with Gasteiger partial charge < -0.3 is 30.7 Å². The Bertz CT molecular complexity index is 865. The summed E-state index contributed by atoms with van der Waals surface area (Å²) in [5, 5.41) is 31.2. The van der Waals surface area contributed by atoms with Crippen LogP contribution in [-0.2, 0) is 19.1 Å². The third kappa shape index (κ3) is 9.73. The molecule has 13 heteroatoms. The molecule has 2 amide bonds. The number of benzene rings is 1. The summed E-state index contributed by atoms with van der Waals surface area (Å²) in [6.07, 6.45) is -3.43. The fourth-order valence-electron chi connectivity index (χ4n) is 2.49. The molecular formula is C19H22BrFN2O9. The maximum absolute atomic E-state index is 13.7. The lowest BCUT2D eigenvalue weighted by atomic mass is 10.1. The van der Waals surface area contributed by atoms with Crippen molar-refractivity contribution in [3.05, 3.63) is 34.1 Å². The molecule has 1 rings (SSSR count). The largest absolute Gasteiger partial charge is 0.481 e. The predicted molar refractivity (Wildman–Crippen MR) is 110 cm³/mol. The Kier molecular flexibility index (Phi) is 11.1. The van der Waals surface area contributed by atoms with Gasteiger partial charge in [0, 0.05) is 17.4 Å². The van der Waals surface area contributed by atoms with Gasteiger partial charge in [-0.05, 0) is 43.9 Å². The first-order valence-corrected chi connectivity index (χ1v) is 10.2. The van der Waals surface area contributed by atoms with Crippen molar-refractivity contribution in [2.24, 2.45) is 0 Å². The van der Waals surface area contributed by atoms with Gasteiger partial charge in [0.2, 0.25) is 6.10 Å². The topological polar surface area (TPSA) is 179 Å². The van der Waals surface area contributed by atoms with Crippen molar-refractivity contribution in [3.8, 4) is 0 Å². The molecule has 1 aromatic rings. The molecule has 2 atom stereocenters. The van der Waals surface area contributed by atoms with E-state index in [4.69, 9.17) is 14.9 Å². The van der Waals surface area contributed by atoms with Crippen LogP contribution in [0.3, 0.4) is 0 Å². The van der Waals surface area contributed by atoms with E-state index in [1.165, 1.54) is 12.1 Å². The minimum Gasteiger partial charge on any atom is -0.481 e. The van der Waals surface area contributed by atoms with Gasteiger partial charge in [0.05, 0.1) is 5.56 Å². The fraction of sp³-hybridized carbons (Fsp3) is 0.421. The maximum Gasteiger partial charge on any atom is 0.408 e. The second-order valence-corrected chi connectivity index (χ2v) is 7.49. The van der Waals surface area contributed by atoms with Gasteiger partial charge in [-0.3, -0.25) is 9.59 Å². The summed E-state index contributed by atoms with van der Waals surface area (Å²) in [7, 11) is 0. The van der Waals surface area contributed by atoms with Crippen LogP contribution >= 0.6 is 15.9 Å². The number of alkyl carbamates (subject to hydrolysis) is 1. The van der Waals surface area contributed by atoms with E-state index >= 15 is 0 Å². The number of hydrogen-bond acceptors (Lipinski definition) is 6. The van der Waals surface area contributed by atoms with Crippen LogP contribution in [0.25, 0.3) is 0 Å². The Morgan fingerprint density at radius 2 is 1.72 bits per heavy atom. The molecule has 11 nitrogen and oxygen atoms in total.